The molecule has 1 unspecified atom stereocenters. The highest BCUT2D eigenvalue weighted by molar-refractivity contribution is 6.30. The van der Waals surface area contributed by atoms with E-state index in [-0.39, 0.29) is 6.10 Å². The summed E-state index contributed by atoms with van der Waals surface area (Å²) in [4.78, 5) is 8.68. The van der Waals surface area contributed by atoms with Crippen LogP contribution in [0.25, 0.3) is 0 Å². The Bertz CT molecular complexity index is 342. The maximum Gasteiger partial charge on any atom is 0.158 e. The van der Waals surface area contributed by atoms with Crippen LogP contribution < -0.4 is 0 Å². The summed E-state index contributed by atoms with van der Waals surface area (Å²) >= 11 is 6.04. The lowest BCUT2D eigenvalue weighted by Gasteiger charge is -2.13. The van der Waals surface area contributed by atoms with Gasteiger partial charge in [-0.3, -0.25) is 0 Å². The van der Waals surface area contributed by atoms with Gasteiger partial charge in [0.05, 0.1) is 0 Å². The van der Waals surface area contributed by atoms with Gasteiger partial charge in [-0.25, -0.2) is 9.97 Å². The molecule has 1 aromatic heterocycles. The van der Waals surface area contributed by atoms with Gasteiger partial charge in [-0.15, -0.1) is 0 Å². The Morgan fingerprint density at radius 1 is 1.33 bits per heavy atom. The number of aryl methyl sites for hydroxylation is 1. The number of ether oxygens (including phenoxy) is 1. The summed E-state index contributed by atoms with van der Waals surface area (Å²) in [7, 11) is 0. The second-order valence-electron chi connectivity index (χ2n) is 3.40. The molecule has 1 rings (SSSR count). The van der Waals surface area contributed by atoms with Gasteiger partial charge in [0.1, 0.15) is 11.3 Å². The molecule has 1 heterocycles. The van der Waals surface area contributed by atoms with E-state index in [0.717, 1.165) is 17.7 Å². The SMILES string of the molecule is CCOC(C)c1nc(Cl)c(C)c(CC)n1. The Labute approximate surface area is 95.8 Å². The number of hydrogen-bond donors (Lipinski definition) is 0. The summed E-state index contributed by atoms with van der Waals surface area (Å²) in [6.07, 6.45) is 0.762. The largest absolute Gasteiger partial charge is 0.371 e. The van der Waals surface area contributed by atoms with Gasteiger partial charge in [-0.1, -0.05) is 18.5 Å². The van der Waals surface area contributed by atoms with Crippen molar-refractivity contribution < 1.29 is 4.74 Å². The summed E-state index contributed by atoms with van der Waals surface area (Å²) in [5.74, 6) is 0.671. The van der Waals surface area contributed by atoms with Crippen LogP contribution in [-0.4, -0.2) is 16.6 Å². The van der Waals surface area contributed by atoms with Crippen LogP contribution in [0.15, 0.2) is 0 Å². The Hall–Kier alpha value is -0.670. The van der Waals surface area contributed by atoms with Crippen LogP contribution in [0.5, 0.6) is 0 Å². The number of nitrogens with zero attached hydrogens (tertiary/aromatic N) is 2. The van der Waals surface area contributed by atoms with Gasteiger partial charge in [-0.05, 0) is 27.2 Å². The van der Waals surface area contributed by atoms with Gasteiger partial charge >= 0.3 is 0 Å². The highest BCUT2D eigenvalue weighted by Gasteiger charge is 2.13. The van der Waals surface area contributed by atoms with E-state index < -0.39 is 0 Å². The predicted octanol–water partition coefficient (Wildman–Crippen LogP) is 3.10. The van der Waals surface area contributed by atoms with Crippen molar-refractivity contribution in [2.24, 2.45) is 0 Å². The maximum absolute atomic E-state index is 6.04. The number of hydrogen-bond acceptors (Lipinski definition) is 3. The molecule has 0 spiro atoms. The van der Waals surface area contributed by atoms with Crippen molar-refractivity contribution in [3.63, 3.8) is 0 Å². The van der Waals surface area contributed by atoms with Crippen molar-refractivity contribution >= 4 is 11.6 Å². The lowest BCUT2D eigenvalue weighted by atomic mass is 10.2. The summed E-state index contributed by atoms with van der Waals surface area (Å²) in [5.41, 5.74) is 1.96. The average molecular weight is 229 g/mol. The smallest absolute Gasteiger partial charge is 0.158 e. The first-order chi connectivity index (χ1) is 7.10. The minimum atomic E-state index is -0.0987. The molecule has 3 nitrogen and oxygen atoms in total. The van der Waals surface area contributed by atoms with Crippen molar-refractivity contribution in [3.8, 4) is 0 Å². The Morgan fingerprint density at radius 3 is 2.53 bits per heavy atom. The van der Waals surface area contributed by atoms with E-state index >= 15 is 0 Å². The molecule has 4 heteroatoms. The summed E-state index contributed by atoms with van der Waals surface area (Å²) < 4.78 is 5.44. The standard InChI is InChI=1S/C11H17ClN2O/c1-5-9-7(3)10(12)14-11(13-9)8(4)15-6-2/h8H,5-6H2,1-4H3. The van der Waals surface area contributed by atoms with Gasteiger partial charge in [0, 0.05) is 17.9 Å². The van der Waals surface area contributed by atoms with Crippen molar-refractivity contribution in [3.05, 3.63) is 22.2 Å². The minimum absolute atomic E-state index is 0.0987. The molecule has 0 amide bonds. The Balaban J connectivity index is 3.05. The molecule has 1 atom stereocenters. The van der Waals surface area contributed by atoms with Gasteiger partial charge < -0.3 is 4.74 Å². The third kappa shape index (κ3) is 2.89. The molecule has 0 fully saturated rings. The summed E-state index contributed by atoms with van der Waals surface area (Å²) in [6.45, 7) is 8.53. The fourth-order valence-electron chi connectivity index (χ4n) is 1.40. The summed E-state index contributed by atoms with van der Waals surface area (Å²) in [6, 6.07) is 0. The van der Waals surface area contributed by atoms with Crippen molar-refractivity contribution in [1.82, 2.24) is 9.97 Å². The van der Waals surface area contributed by atoms with Gasteiger partial charge in [0.2, 0.25) is 0 Å². The number of aromatic nitrogens is 2. The van der Waals surface area contributed by atoms with E-state index in [1.807, 2.05) is 20.8 Å². The zero-order chi connectivity index (χ0) is 11.4. The monoisotopic (exact) mass is 228 g/mol. The molecule has 0 saturated carbocycles. The van der Waals surface area contributed by atoms with Crippen LogP contribution in [0, 0.1) is 6.92 Å². The topological polar surface area (TPSA) is 35.0 Å². The van der Waals surface area contributed by atoms with E-state index in [0.29, 0.717) is 17.6 Å². The van der Waals surface area contributed by atoms with E-state index in [1.165, 1.54) is 0 Å². The Morgan fingerprint density at radius 2 is 2.00 bits per heavy atom. The normalized spacial score (nSPS) is 12.9. The van der Waals surface area contributed by atoms with Gasteiger partial charge in [-0.2, -0.15) is 0 Å². The van der Waals surface area contributed by atoms with Gasteiger partial charge in [0.15, 0.2) is 5.82 Å². The first-order valence-electron chi connectivity index (χ1n) is 5.24. The summed E-state index contributed by atoms with van der Waals surface area (Å²) in [5, 5.41) is 0.531. The predicted molar refractivity (Wildman–Crippen MR) is 61.2 cm³/mol. The van der Waals surface area contributed by atoms with Crippen LogP contribution in [0.4, 0.5) is 0 Å². The highest BCUT2D eigenvalue weighted by atomic mass is 35.5. The van der Waals surface area contributed by atoms with E-state index in [1.54, 1.807) is 0 Å². The fourth-order valence-corrected chi connectivity index (χ4v) is 1.60. The van der Waals surface area contributed by atoms with E-state index in [2.05, 4.69) is 16.9 Å². The third-order valence-electron chi connectivity index (χ3n) is 2.32. The molecule has 0 N–H and O–H groups in total. The quantitative estimate of drug-likeness (QED) is 0.743. The molecule has 0 aliphatic carbocycles. The first kappa shape index (κ1) is 12.4. The minimum Gasteiger partial charge on any atom is -0.371 e. The molecule has 15 heavy (non-hydrogen) atoms. The number of rotatable bonds is 4. The van der Waals surface area contributed by atoms with Crippen LogP contribution in [0.1, 0.15) is 44.0 Å². The van der Waals surface area contributed by atoms with Crippen LogP contribution in [0.2, 0.25) is 5.15 Å². The highest BCUT2D eigenvalue weighted by Crippen LogP contribution is 2.20. The van der Waals surface area contributed by atoms with Crippen LogP contribution in [0.3, 0.4) is 0 Å². The first-order valence-corrected chi connectivity index (χ1v) is 5.62. The fraction of sp³-hybridized carbons (Fsp3) is 0.636. The van der Waals surface area contributed by atoms with Crippen molar-refractivity contribution in [1.29, 1.82) is 0 Å². The maximum atomic E-state index is 6.04. The zero-order valence-corrected chi connectivity index (χ0v) is 10.4. The molecular formula is C11H17ClN2O. The molecular weight excluding hydrogens is 212 g/mol. The molecule has 0 aromatic carbocycles. The molecule has 0 saturated heterocycles. The van der Waals surface area contributed by atoms with Crippen molar-refractivity contribution in [2.75, 3.05) is 6.61 Å². The second-order valence-corrected chi connectivity index (χ2v) is 3.75. The zero-order valence-electron chi connectivity index (χ0n) is 9.67. The third-order valence-corrected chi connectivity index (χ3v) is 2.69. The number of halogens is 1. The molecule has 84 valence electrons. The van der Waals surface area contributed by atoms with Crippen molar-refractivity contribution in [2.45, 2.75) is 40.2 Å². The molecule has 0 aliphatic heterocycles. The Kier molecular flexibility index (Phi) is 4.48. The van der Waals surface area contributed by atoms with E-state index in [4.69, 9.17) is 16.3 Å². The lowest BCUT2D eigenvalue weighted by Crippen LogP contribution is -2.08. The van der Waals surface area contributed by atoms with Crippen LogP contribution in [-0.2, 0) is 11.2 Å². The van der Waals surface area contributed by atoms with Crippen LogP contribution >= 0.6 is 11.6 Å². The van der Waals surface area contributed by atoms with Gasteiger partial charge in [0.25, 0.3) is 0 Å². The molecule has 0 aliphatic rings. The molecule has 1 aromatic rings. The molecule has 0 radical (unpaired) electrons. The lowest BCUT2D eigenvalue weighted by molar-refractivity contribution is 0.0699. The van der Waals surface area contributed by atoms with E-state index in [9.17, 15) is 0 Å². The molecule has 0 bridgehead atoms. The second kappa shape index (κ2) is 5.42. The average Bonchev–Trinajstić information content (AvgIpc) is 2.22.